The number of hydrogen-bond acceptors (Lipinski definition) is 2. The van der Waals surface area contributed by atoms with Crippen molar-refractivity contribution in [3.05, 3.63) is 64.7 Å². The van der Waals surface area contributed by atoms with Gasteiger partial charge in [-0.15, -0.1) is 0 Å². The summed E-state index contributed by atoms with van der Waals surface area (Å²) in [6.45, 7) is 0. The van der Waals surface area contributed by atoms with Gasteiger partial charge in [-0.25, -0.2) is 0 Å². The fourth-order valence-corrected chi connectivity index (χ4v) is 2.09. The van der Waals surface area contributed by atoms with Gasteiger partial charge in [0.1, 0.15) is 0 Å². The van der Waals surface area contributed by atoms with Crippen molar-refractivity contribution in [2.45, 2.75) is 6.04 Å². The van der Waals surface area contributed by atoms with Crippen LogP contribution in [-0.4, -0.2) is 14.1 Å². The van der Waals surface area contributed by atoms with Gasteiger partial charge in [-0.05, 0) is 35.4 Å². The highest BCUT2D eigenvalue weighted by atomic mass is 35.5. The Bertz CT molecular complexity index is 538. The summed E-state index contributed by atoms with van der Waals surface area (Å²) in [6, 6.07) is 15.8. The number of anilines is 1. The molecule has 18 heavy (non-hydrogen) atoms. The highest BCUT2D eigenvalue weighted by Crippen LogP contribution is 2.24. The highest BCUT2D eigenvalue weighted by Gasteiger charge is 2.10. The van der Waals surface area contributed by atoms with Crippen LogP contribution in [0, 0.1) is 0 Å². The lowest BCUT2D eigenvalue weighted by molar-refractivity contribution is 0.870. The molecule has 2 aromatic rings. The summed E-state index contributed by atoms with van der Waals surface area (Å²) >= 11 is 5.99. The van der Waals surface area contributed by atoms with E-state index in [9.17, 15) is 0 Å². The van der Waals surface area contributed by atoms with Gasteiger partial charge in [0.2, 0.25) is 0 Å². The molecule has 0 aromatic heterocycles. The van der Waals surface area contributed by atoms with E-state index in [1.165, 1.54) is 0 Å². The molecule has 0 saturated heterocycles. The minimum Gasteiger partial charge on any atom is -0.378 e. The van der Waals surface area contributed by atoms with Gasteiger partial charge in [0.25, 0.3) is 0 Å². The Kier molecular flexibility index (Phi) is 3.90. The fourth-order valence-electron chi connectivity index (χ4n) is 1.89. The zero-order valence-corrected chi connectivity index (χ0v) is 11.4. The molecule has 0 heterocycles. The fraction of sp³-hybridized carbons (Fsp3) is 0.200. The third-order valence-corrected chi connectivity index (χ3v) is 3.19. The minimum atomic E-state index is -0.149. The van der Waals surface area contributed by atoms with E-state index in [0.717, 1.165) is 16.8 Å². The first-order valence-electron chi connectivity index (χ1n) is 5.86. The van der Waals surface area contributed by atoms with Crippen LogP contribution in [0.25, 0.3) is 0 Å². The van der Waals surface area contributed by atoms with E-state index in [0.29, 0.717) is 5.02 Å². The molecule has 0 bridgehead atoms. The van der Waals surface area contributed by atoms with Crippen LogP contribution in [0.3, 0.4) is 0 Å². The van der Waals surface area contributed by atoms with Crippen LogP contribution in [0.5, 0.6) is 0 Å². The van der Waals surface area contributed by atoms with Crippen LogP contribution in [0.15, 0.2) is 48.5 Å². The normalized spacial score (nSPS) is 12.2. The second-order valence-corrected chi connectivity index (χ2v) is 4.96. The van der Waals surface area contributed by atoms with Crippen LogP contribution in [0.4, 0.5) is 5.69 Å². The molecular weight excluding hydrogens is 244 g/mol. The zero-order chi connectivity index (χ0) is 13.1. The van der Waals surface area contributed by atoms with Gasteiger partial charge in [-0.1, -0.05) is 35.9 Å². The van der Waals surface area contributed by atoms with Crippen molar-refractivity contribution in [1.82, 2.24) is 0 Å². The maximum absolute atomic E-state index is 6.28. The first-order valence-corrected chi connectivity index (χ1v) is 6.24. The standard InChI is InChI=1S/C15H17ClN2/c1-18(2)14-8-4-6-12(10-14)15(17)11-5-3-7-13(16)9-11/h3-10,15H,17H2,1-2H3. The zero-order valence-electron chi connectivity index (χ0n) is 10.6. The van der Waals surface area contributed by atoms with Crippen molar-refractivity contribution in [2.24, 2.45) is 5.73 Å². The van der Waals surface area contributed by atoms with Crippen molar-refractivity contribution in [2.75, 3.05) is 19.0 Å². The second kappa shape index (κ2) is 5.42. The Hall–Kier alpha value is -1.51. The van der Waals surface area contributed by atoms with Crippen molar-refractivity contribution < 1.29 is 0 Å². The number of nitrogens with two attached hydrogens (primary N) is 1. The summed E-state index contributed by atoms with van der Waals surface area (Å²) in [5.74, 6) is 0. The molecule has 1 unspecified atom stereocenters. The average molecular weight is 261 g/mol. The molecule has 0 aliphatic heterocycles. The van der Waals surface area contributed by atoms with E-state index in [2.05, 4.69) is 17.0 Å². The lowest BCUT2D eigenvalue weighted by atomic mass is 9.99. The second-order valence-electron chi connectivity index (χ2n) is 4.52. The summed E-state index contributed by atoms with van der Waals surface area (Å²) in [7, 11) is 4.04. The summed E-state index contributed by atoms with van der Waals surface area (Å²) in [5, 5.41) is 0.715. The summed E-state index contributed by atoms with van der Waals surface area (Å²) in [5.41, 5.74) is 9.53. The molecule has 2 nitrogen and oxygen atoms in total. The molecule has 0 aliphatic carbocycles. The topological polar surface area (TPSA) is 29.3 Å². The third kappa shape index (κ3) is 2.84. The van der Waals surface area contributed by atoms with E-state index in [1.54, 1.807) is 0 Å². The molecule has 3 heteroatoms. The number of rotatable bonds is 3. The smallest absolute Gasteiger partial charge is 0.0552 e. The number of nitrogens with zero attached hydrogens (tertiary/aromatic N) is 1. The van der Waals surface area contributed by atoms with Gasteiger partial charge in [0.05, 0.1) is 6.04 Å². The van der Waals surface area contributed by atoms with Crippen molar-refractivity contribution in [1.29, 1.82) is 0 Å². The Morgan fingerprint density at radius 3 is 2.22 bits per heavy atom. The summed E-state index contributed by atoms with van der Waals surface area (Å²) in [4.78, 5) is 2.06. The molecule has 2 aromatic carbocycles. The van der Waals surface area contributed by atoms with E-state index in [1.807, 2.05) is 50.5 Å². The minimum absolute atomic E-state index is 0.149. The molecule has 2 rings (SSSR count). The van der Waals surface area contributed by atoms with Crippen LogP contribution >= 0.6 is 11.6 Å². The number of halogens is 1. The van der Waals surface area contributed by atoms with E-state index < -0.39 is 0 Å². The lowest BCUT2D eigenvalue weighted by Gasteiger charge is -2.17. The molecule has 0 radical (unpaired) electrons. The number of benzene rings is 2. The van der Waals surface area contributed by atoms with Crippen LogP contribution in [-0.2, 0) is 0 Å². The third-order valence-electron chi connectivity index (χ3n) is 2.95. The van der Waals surface area contributed by atoms with Gasteiger partial charge in [-0.3, -0.25) is 0 Å². The monoisotopic (exact) mass is 260 g/mol. The Balaban J connectivity index is 2.33. The molecule has 0 amide bonds. The molecular formula is C15H17ClN2. The lowest BCUT2D eigenvalue weighted by Crippen LogP contribution is -2.14. The van der Waals surface area contributed by atoms with E-state index >= 15 is 0 Å². The van der Waals surface area contributed by atoms with Crippen molar-refractivity contribution >= 4 is 17.3 Å². The summed E-state index contributed by atoms with van der Waals surface area (Å²) in [6.07, 6.45) is 0. The largest absolute Gasteiger partial charge is 0.378 e. The van der Waals surface area contributed by atoms with Crippen LogP contribution in [0.1, 0.15) is 17.2 Å². The first kappa shape index (κ1) is 12.9. The quantitative estimate of drug-likeness (QED) is 0.916. The molecule has 2 N–H and O–H groups in total. The Morgan fingerprint density at radius 2 is 1.61 bits per heavy atom. The van der Waals surface area contributed by atoms with E-state index in [4.69, 9.17) is 17.3 Å². The molecule has 94 valence electrons. The van der Waals surface area contributed by atoms with Crippen LogP contribution in [0.2, 0.25) is 5.02 Å². The molecule has 0 saturated carbocycles. The predicted octanol–water partition coefficient (Wildman–Crippen LogP) is 3.45. The van der Waals surface area contributed by atoms with E-state index in [-0.39, 0.29) is 6.04 Å². The predicted molar refractivity (Wildman–Crippen MR) is 78.3 cm³/mol. The van der Waals surface area contributed by atoms with Gasteiger partial charge >= 0.3 is 0 Å². The maximum atomic E-state index is 6.28. The highest BCUT2D eigenvalue weighted by molar-refractivity contribution is 6.30. The first-order chi connectivity index (χ1) is 8.58. The van der Waals surface area contributed by atoms with Crippen molar-refractivity contribution in [3.8, 4) is 0 Å². The SMILES string of the molecule is CN(C)c1cccc(C(N)c2cccc(Cl)c2)c1. The molecule has 0 aliphatic rings. The maximum Gasteiger partial charge on any atom is 0.0552 e. The van der Waals surface area contributed by atoms with Gasteiger partial charge in [0, 0.05) is 24.8 Å². The molecule has 0 fully saturated rings. The Labute approximate surface area is 113 Å². The number of hydrogen-bond donors (Lipinski definition) is 1. The van der Waals surface area contributed by atoms with Gasteiger partial charge in [-0.2, -0.15) is 0 Å². The average Bonchev–Trinajstić information content (AvgIpc) is 2.38. The summed E-state index contributed by atoms with van der Waals surface area (Å²) < 4.78 is 0. The van der Waals surface area contributed by atoms with Crippen LogP contribution < -0.4 is 10.6 Å². The van der Waals surface area contributed by atoms with Gasteiger partial charge in [0.15, 0.2) is 0 Å². The van der Waals surface area contributed by atoms with Crippen molar-refractivity contribution in [3.63, 3.8) is 0 Å². The molecule has 0 spiro atoms. The molecule has 1 atom stereocenters. The Morgan fingerprint density at radius 1 is 1.00 bits per heavy atom. The van der Waals surface area contributed by atoms with Gasteiger partial charge < -0.3 is 10.6 Å².